The van der Waals surface area contributed by atoms with Crippen LogP contribution < -0.4 is 9.80 Å². The average molecular weight is 1010 g/mol. The maximum atomic E-state index is 14.1. The summed E-state index contributed by atoms with van der Waals surface area (Å²) in [4.78, 5) is 62.6. The highest BCUT2D eigenvalue weighted by atomic mass is 16.6. The molecular weight excluding hydrogens is 957 g/mol. The van der Waals surface area contributed by atoms with Crippen LogP contribution in [0.15, 0.2) is 133 Å². The topological polar surface area (TPSA) is 187 Å². The lowest BCUT2D eigenvalue weighted by atomic mass is 9.65. The van der Waals surface area contributed by atoms with E-state index in [0.29, 0.717) is 122 Å². The Morgan fingerprint density at radius 2 is 0.882 bits per heavy atom. The van der Waals surface area contributed by atoms with Crippen molar-refractivity contribution in [3.63, 3.8) is 0 Å². The number of anilines is 2. The zero-order valence-electron chi connectivity index (χ0n) is 41.9. The van der Waals surface area contributed by atoms with Crippen LogP contribution in [0.3, 0.4) is 0 Å². The van der Waals surface area contributed by atoms with E-state index in [1.54, 1.807) is 24.3 Å². The molecule has 76 heavy (non-hydrogen) atoms. The average Bonchev–Trinajstić information content (AvgIpc) is 4.47. The summed E-state index contributed by atoms with van der Waals surface area (Å²) in [5, 5.41) is 31.1. The fraction of sp³-hybridized carbons (Fsp3) is 0.355. The van der Waals surface area contributed by atoms with Gasteiger partial charge in [0, 0.05) is 49.7 Å². The Labute approximate surface area is 440 Å². The number of carbonyl (C=O) groups is 4. The summed E-state index contributed by atoms with van der Waals surface area (Å²) < 4.78 is 25.3. The number of benzene rings is 6. The lowest BCUT2D eigenvalue weighted by molar-refractivity contribution is -0.135. The zero-order chi connectivity index (χ0) is 52.7. The van der Waals surface area contributed by atoms with Crippen molar-refractivity contribution in [2.75, 3.05) is 23.0 Å². The lowest BCUT2D eigenvalue weighted by Crippen LogP contribution is -2.43. The summed E-state index contributed by atoms with van der Waals surface area (Å²) >= 11 is 0. The van der Waals surface area contributed by atoms with Gasteiger partial charge in [-0.25, -0.2) is 14.6 Å². The number of nitriles is 3. The third kappa shape index (κ3) is 8.21. The molecule has 0 aromatic heterocycles. The zero-order valence-corrected chi connectivity index (χ0v) is 41.9. The van der Waals surface area contributed by atoms with Gasteiger partial charge in [0.05, 0.1) is 101 Å². The minimum atomic E-state index is -0.830. The molecule has 6 heterocycles. The summed E-state index contributed by atoms with van der Waals surface area (Å²) in [6, 6.07) is 47.8. The van der Waals surface area contributed by atoms with Crippen LogP contribution in [0.25, 0.3) is 26.4 Å². The minimum Gasteiger partial charge on any atom is -0.377 e. The van der Waals surface area contributed by atoms with Crippen LogP contribution in [-0.4, -0.2) is 59.2 Å². The number of amides is 4. The highest BCUT2D eigenvalue weighted by molar-refractivity contribution is 6.27. The van der Waals surface area contributed by atoms with Crippen molar-refractivity contribution >= 4 is 62.2 Å². The number of nitrogens with zero attached hydrogens (tertiary/aromatic N) is 6. The van der Waals surface area contributed by atoms with Gasteiger partial charge in [-0.3, -0.25) is 19.2 Å². The second-order valence-electron chi connectivity index (χ2n) is 20.8. The highest BCUT2D eigenvalue weighted by Crippen LogP contribution is 2.65. The first-order valence-corrected chi connectivity index (χ1v) is 26.0. The molecule has 6 aliphatic heterocycles. The van der Waals surface area contributed by atoms with E-state index in [-0.39, 0.29) is 36.5 Å². The number of fused-ring (bicyclic) bond motifs is 12. The number of hydrogen-bond donors (Lipinski definition) is 0. The fourth-order valence-corrected chi connectivity index (χ4v) is 13.7. The lowest BCUT2D eigenvalue weighted by Gasteiger charge is -2.31. The SMILES string of the molecule is N#CCCC12CCC(CCOCc3ccccc3)(O1)[C@@H]1C(=O)N(c3ccc(C#N)c4ccccc34)C(=O)[C@@H]12.[C-]#[N+]c1ccc(N2C(=O)[C@@H]3[C@H](C2=O)C2(CCC#N)CCC3(CCOCc3ccccc3)O2)c2ccccc12. The van der Waals surface area contributed by atoms with Gasteiger partial charge in [0.2, 0.25) is 23.6 Å². The van der Waals surface area contributed by atoms with Crippen molar-refractivity contribution in [2.45, 2.75) is 99.8 Å². The molecule has 6 aromatic carbocycles. The van der Waals surface area contributed by atoms with Gasteiger partial charge in [0.25, 0.3) is 0 Å². The summed E-state index contributed by atoms with van der Waals surface area (Å²) in [5.74, 6) is -3.60. The number of imide groups is 2. The van der Waals surface area contributed by atoms with Gasteiger partial charge in [-0.2, -0.15) is 15.8 Å². The van der Waals surface area contributed by atoms with Crippen molar-refractivity contribution in [3.8, 4) is 18.2 Å². The van der Waals surface area contributed by atoms with Crippen LogP contribution in [0.2, 0.25) is 0 Å². The second kappa shape index (κ2) is 20.2. The van der Waals surface area contributed by atoms with Crippen molar-refractivity contribution in [3.05, 3.63) is 162 Å². The molecule has 6 fully saturated rings. The maximum absolute atomic E-state index is 14.1. The Balaban J connectivity index is 0.000000162. The van der Waals surface area contributed by atoms with E-state index >= 15 is 0 Å². The molecule has 14 heteroatoms. The van der Waals surface area contributed by atoms with Crippen LogP contribution in [0.1, 0.15) is 80.9 Å². The molecule has 14 nitrogen and oxygen atoms in total. The molecule has 0 saturated carbocycles. The molecule has 6 aliphatic rings. The Kier molecular flexibility index (Phi) is 13.3. The Morgan fingerprint density at radius 3 is 1.30 bits per heavy atom. The molecule has 4 amide bonds. The first kappa shape index (κ1) is 50.1. The van der Waals surface area contributed by atoms with Crippen molar-refractivity contribution < 1.29 is 38.1 Å². The van der Waals surface area contributed by atoms with E-state index < -0.39 is 46.1 Å². The first-order chi connectivity index (χ1) is 37.1. The molecule has 0 spiro atoms. The summed E-state index contributed by atoms with van der Waals surface area (Å²) in [5.41, 5.74) is 0.836. The van der Waals surface area contributed by atoms with E-state index in [9.17, 15) is 35.0 Å². The highest BCUT2D eigenvalue weighted by Gasteiger charge is 2.76. The second-order valence-corrected chi connectivity index (χ2v) is 20.8. The molecule has 12 rings (SSSR count). The largest absolute Gasteiger partial charge is 0.377 e. The smallest absolute Gasteiger partial charge is 0.240 e. The quantitative estimate of drug-likeness (QED) is 0.0510. The third-order valence-corrected chi connectivity index (χ3v) is 17.0. The number of ether oxygens (including phenoxy) is 4. The molecule has 8 atom stereocenters. The van der Waals surface area contributed by atoms with Crippen LogP contribution >= 0.6 is 0 Å². The number of carbonyl (C=O) groups excluding carboxylic acids is 4. The molecule has 0 radical (unpaired) electrons. The van der Waals surface area contributed by atoms with Crippen molar-refractivity contribution in [2.24, 2.45) is 23.7 Å². The minimum absolute atomic E-state index is 0.255. The van der Waals surface area contributed by atoms with Gasteiger partial charge in [-0.15, -0.1) is 0 Å². The molecule has 380 valence electrons. The Bertz CT molecular complexity index is 3240. The maximum Gasteiger partial charge on any atom is 0.240 e. The van der Waals surface area contributed by atoms with Crippen LogP contribution in [0, 0.1) is 64.2 Å². The van der Waals surface area contributed by atoms with Crippen LogP contribution in [0.4, 0.5) is 17.1 Å². The van der Waals surface area contributed by atoms with Crippen molar-refractivity contribution in [1.29, 1.82) is 15.8 Å². The van der Waals surface area contributed by atoms with E-state index in [4.69, 9.17) is 25.5 Å². The van der Waals surface area contributed by atoms with Gasteiger partial charge >= 0.3 is 0 Å². The molecule has 4 bridgehead atoms. The third-order valence-electron chi connectivity index (χ3n) is 17.0. The summed E-state index contributed by atoms with van der Waals surface area (Å²) in [6.45, 7) is 9.24. The Hall–Kier alpha value is -8.08. The van der Waals surface area contributed by atoms with Gasteiger partial charge in [0.1, 0.15) is 0 Å². The monoisotopic (exact) mass is 1010 g/mol. The van der Waals surface area contributed by atoms with E-state index in [1.807, 2.05) is 109 Å². The van der Waals surface area contributed by atoms with Gasteiger partial charge in [-0.05, 0) is 78.6 Å². The predicted molar refractivity (Wildman–Crippen MR) is 281 cm³/mol. The van der Waals surface area contributed by atoms with E-state index in [2.05, 4.69) is 23.1 Å². The number of rotatable bonds is 16. The van der Waals surface area contributed by atoms with E-state index in [1.165, 1.54) is 9.80 Å². The standard InChI is InChI=1S/2C31H27N3O4/c1-33-24-12-13-25(23-11-6-5-10-22(23)24)34-28(35)26-27(29(34)36)31(16-15-30(26,38-31)14-7-18-32)17-19-37-20-21-8-3-2-4-9-21;32-17-6-13-30-14-15-31(38-30,16-18-37-20-21-7-2-1-3-8-21)27-26(30)28(35)34(29(27)36)25-12-11-22(19-33)23-9-4-5-10-24(23)25/h2-6,8-13,26-27H,7,14-17,19-20H2;1-5,7-12,26-27H,6,13-16,18,20H2/t2*26-,27+,30?,31?/m11/s1. The van der Waals surface area contributed by atoms with Crippen LogP contribution in [0.5, 0.6) is 0 Å². The van der Waals surface area contributed by atoms with Gasteiger partial charge in [-0.1, -0.05) is 115 Å². The molecule has 0 N–H and O–H groups in total. The summed E-state index contributed by atoms with van der Waals surface area (Å²) in [6.07, 6.45) is 4.91. The predicted octanol–water partition coefficient (Wildman–Crippen LogP) is 10.7. The molecule has 4 unspecified atom stereocenters. The number of hydrogen-bond acceptors (Lipinski definition) is 11. The Morgan fingerprint density at radius 1 is 0.500 bits per heavy atom. The molecule has 6 saturated heterocycles. The summed E-state index contributed by atoms with van der Waals surface area (Å²) in [7, 11) is 0. The first-order valence-electron chi connectivity index (χ1n) is 26.0. The molecular formula is C62H54N6O8. The molecule has 6 aromatic rings. The normalized spacial score (nSPS) is 27.5. The van der Waals surface area contributed by atoms with E-state index in [0.717, 1.165) is 11.1 Å². The van der Waals surface area contributed by atoms with Crippen molar-refractivity contribution in [1.82, 2.24) is 0 Å². The molecule has 0 aliphatic carbocycles. The van der Waals surface area contributed by atoms with Gasteiger partial charge in [0.15, 0.2) is 5.69 Å². The van der Waals surface area contributed by atoms with Crippen LogP contribution in [-0.2, 0) is 51.3 Å². The fourth-order valence-electron chi connectivity index (χ4n) is 13.7. The van der Waals surface area contributed by atoms with Gasteiger partial charge < -0.3 is 18.9 Å².